The van der Waals surface area contributed by atoms with E-state index in [1.54, 1.807) is 18.6 Å². The Morgan fingerprint density at radius 1 is 1.35 bits per heavy atom. The van der Waals surface area contributed by atoms with Crippen molar-refractivity contribution < 1.29 is 17.9 Å². The molecular formula is C12H15N3O4S. The Bertz CT molecular complexity index is 617. The number of ether oxygens (including phenoxy) is 1. The van der Waals surface area contributed by atoms with Gasteiger partial charge in [0.1, 0.15) is 0 Å². The Kier molecular flexibility index (Phi) is 4.94. The van der Waals surface area contributed by atoms with Crippen LogP contribution < -0.4 is 9.03 Å². The number of nitriles is 1. The maximum absolute atomic E-state index is 11.9. The molecule has 0 heterocycles. The molecule has 0 aliphatic rings. The number of hydrogen-bond donors (Lipinski definition) is 1. The van der Waals surface area contributed by atoms with Gasteiger partial charge in [0.2, 0.25) is 0 Å². The van der Waals surface area contributed by atoms with Crippen LogP contribution >= 0.6 is 0 Å². The van der Waals surface area contributed by atoms with Crippen LogP contribution in [0.15, 0.2) is 24.3 Å². The normalized spacial score (nSPS) is 10.8. The Morgan fingerprint density at radius 2 is 1.90 bits per heavy atom. The van der Waals surface area contributed by atoms with Crippen molar-refractivity contribution in [3.05, 3.63) is 29.8 Å². The molecule has 1 N–H and O–H groups in total. The van der Waals surface area contributed by atoms with Crippen LogP contribution in [0, 0.1) is 11.3 Å². The highest BCUT2D eigenvalue weighted by atomic mass is 32.2. The number of carbonyl (C=O) groups is 1. The average Bonchev–Trinajstić information content (AvgIpc) is 2.36. The van der Waals surface area contributed by atoms with Crippen LogP contribution in [0.25, 0.3) is 0 Å². The molecule has 0 aromatic heterocycles. The zero-order valence-corrected chi connectivity index (χ0v) is 12.1. The third-order valence-corrected chi connectivity index (χ3v) is 3.63. The fourth-order valence-electron chi connectivity index (χ4n) is 1.30. The summed E-state index contributed by atoms with van der Waals surface area (Å²) in [5, 5.41) is 8.67. The zero-order chi connectivity index (χ0) is 15.3. The molecule has 0 aliphatic carbocycles. The van der Waals surface area contributed by atoms with E-state index in [4.69, 9.17) is 10.00 Å². The fourth-order valence-corrected chi connectivity index (χ4v) is 2.09. The first-order chi connectivity index (χ1) is 9.26. The van der Waals surface area contributed by atoms with Gasteiger partial charge in [0, 0.05) is 7.05 Å². The molecule has 0 spiro atoms. The van der Waals surface area contributed by atoms with Gasteiger partial charge in [-0.15, -0.1) is 0 Å². The lowest BCUT2D eigenvalue weighted by molar-refractivity contribution is 0.121. The predicted octanol–water partition coefficient (Wildman–Crippen LogP) is 1.37. The molecule has 1 aromatic carbocycles. The molecule has 1 rings (SSSR count). The molecule has 1 amide bonds. The lowest BCUT2D eigenvalue weighted by Gasteiger charge is -2.20. The molecule has 108 valence electrons. The van der Waals surface area contributed by atoms with Crippen LogP contribution in [0.4, 0.5) is 10.5 Å². The topological polar surface area (TPSA) is 99.5 Å². The van der Waals surface area contributed by atoms with Crippen LogP contribution in [-0.2, 0) is 14.9 Å². The number of nitrogens with zero attached hydrogens (tertiary/aromatic N) is 2. The highest BCUT2D eigenvalue weighted by molar-refractivity contribution is 7.91. The van der Waals surface area contributed by atoms with Crippen molar-refractivity contribution in [1.82, 2.24) is 4.72 Å². The van der Waals surface area contributed by atoms with Crippen molar-refractivity contribution in [3.63, 3.8) is 0 Å². The second-order valence-corrected chi connectivity index (χ2v) is 5.89. The Hall–Kier alpha value is -2.27. The monoisotopic (exact) mass is 297 g/mol. The summed E-state index contributed by atoms with van der Waals surface area (Å²) in [5.74, 6) is 0. The number of rotatable bonds is 4. The molecule has 0 unspecified atom stereocenters. The third-order valence-electron chi connectivity index (χ3n) is 2.28. The minimum absolute atomic E-state index is 0.314. The molecule has 20 heavy (non-hydrogen) atoms. The summed E-state index contributed by atoms with van der Waals surface area (Å²) in [4.78, 5) is 11.3. The fraction of sp³-hybridized carbons (Fsp3) is 0.333. The predicted molar refractivity (Wildman–Crippen MR) is 73.2 cm³/mol. The molecule has 0 bridgehead atoms. The van der Waals surface area contributed by atoms with E-state index in [9.17, 15) is 13.2 Å². The van der Waals surface area contributed by atoms with Gasteiger partial charge in [-0.2, -0.15) is 13.7 Å². The number of benzene rings is 1. The molecule has 0 atom stereocenters. The van der Waals surface area contributed by atoms with Crippen molar-refractivity contribution in [2.75, 3.05) is 11.4 Å². The van der Waals surface area contributed by atoms with Crippen LogP contribution in [0.3, 0.4) is 0 Å². The molecule has 0 aliphatic heterocycles. The van der Waals surface area contributed by atoms with E-state index < -0.39 is 22.4 Å². The van der Waals surface area contributed by atoms with Crippen LogP contribution in [-0.4, -0.2) is 27.7 Å². The first-order valence-corrected chi connectivity index (χ1v) is 7.17. The molecule has 0 saturated heterocycles. The van der Waals surface area contributed by atoms with E-state index in [1.807, 2.05) is 6.07 Å². The summed E-state index contributed by atoms with van der Waals surface area (Å²) in [6.07, 6.45) is -1.47. The third kappa shape index (κ3) is 4.13. The van der Waals surface area contributed by atoms with E-state index in [0.29, 0.717) is 11.3 Å². The lowest BCUT2D eigenvalue weighted by atomic mass is 10.2. The molecule has 0 fully saturated rings. The van der Waals surface area contributed by atoms with E-state index in [1.165, 1.54) is 31.3 Å². The van der Waals surface area contributed by atoms with Crippen molar-refractivity contribution >= 4 is 22.0 Å². The van der Waals surface area contributed by atoms with Crippen LogP contribution in [0.2, 0.25) is 0 Å². The van der Waals surface area contributed by atoms with Crippen molar-refractivity contribution in [2.45, 2.75) is 20.0 Å². The maximum atomic E-state index is 11.9. The summed E-state index contributed by atoms with van der Waals surface area (Å²) >= 11 is 0. The van der Waals surface area contributed by atoms with Crippen LogP contribution in [0.5, 0.6) is 0 Å². The van der Waals surface area contributed by atoms with Gasteiger partial charge >= 0.3 is 16.3 Å². The minimum atomic E-state index is -4.05. The second-order valence-electron chi connectivity index (χ2n) is 4.19. The first-order valence-electron chi connectivity index (χ1n) is 5.73. The highest BCUT2D eigenvalue weighted by Crippen LogP contribution is 2.16. The van der Waals surface area contributed by atoms with E-state index >= 15 is 0 Å². The summed E-state index contributed by atoms with van der Waals surface area (Å²) in [5.41, 5.74) is 0.723. The summed E-state index contributed by atoms with van der Waals surface area (Å²) in [6, 6.07) is 7.82. The molecule has 0 radical (unpaired) electrons. The van der Waals surface area contributed by atoms with Gasteiger partial charge in [0.15, 0.2) is 0 Å². The number of amides is 1. The minimum Gasteiger partial charge on any atom is -0.446 e. The summed E-state index contributed by atoms with van der Waals surface area (Å²) in [7, 11) is -2.77. The SMILES string of the molecule is CC(C)OC(=O)NS(=O)(=O)N(C)c1ccc(C#N)cc1. The molecule has 8 heteroatoms. The van der Waals surface area contributed by atoms with Gasteiger partial charge in [-0.25, -0.2) is 9.52 Å². The first kappa shape index (κ1) is 15.8. The Balaban J connectivity index is 2.86. The summed E-state index contributed by atoms with van der Waals surface area (Å²) < 4.78 is 31.2. The Labute approximate surface area is 117 Å². The van der Waals surface area contributed by atoms with Gasteiger partial charge in [-0.05, 0) is 38.1 Å². The zero-order valence-electron chi connectivity index (χ0n) is 11.3. The van der Waals surface area contributed by atoms with Gasteiger partial charge < -0.3 is 4.74 Å². The van der Waals surface area contributed by atoms with Crippen molar-refractivity contribution in [2.24, 2.45) is 0 Å². The number of hydrogen-bond acceptors (Lipinski definition) is 5. The quantitative estimate of drug-likeness (QED) is 0.904. The molecule has 0 saturated carbocycles. The van der Waals surface area contributed by atoms with E-state index in [0.717, 1.165) is 4.31 Å². The lowest BCUT2D eigenvalue weighted by Crippen LogP contribution is -2.42. The Morgan fingerprint density at radius 3 is 2.35 bits per heavy atom. The molecule has 1 aromatic rings. The molecule has 7 nitrogen and oxygen atoms in total. The van der Waals surface area contributed by atoms with E-state index in [-0.39, 0.29) is 0 Å². The smallest absolute Gasteiger partial charge is 0.422 e. The van der Waals surface area contributed by atoms with Gasteiger partial charge in [-0.3, -0.25) is 4.31 Å². The standard InChI is InChI=1S/C12H15N3O4S/c1-9(2)19-12(16)14-20(17,18)15(3)11-6-4-10(8-13)5-7-11/h4-7,9H,1-3H3,(H,14,16). The van der Waals surface area contributed by atoms with Crippen LogP contribution in [0.1, 0.15) is 19.4 Å². The van der Waals surface area contributed by atoms with Gasteiger partial charge in [0.05, 0.1) is 23.4 Å². The summed E-state index contributed by atoms with van der Waals surface area (Å²) in [6.45, 7) is 3.22. The maximum Gasteiger partial charge on any atom is 0.422 e. The van der Waals surface area contributed by atoms with Crippen molar-refractivity contribution in [1.29, 1.82) is 5.26 Å². The number of carbonyl (C=O) groups excluding carboxylic acids is 1. The number of anilines is 1. The largest absolute Gasteiger partial charge is 0.446 e. The average molecular weight is 297 g/mol. The van der Waals surface area contributed by atoms with E-state index in [2.05, 4.69) is 0 Å². The van der Waals surface area contributed by atoms with Crippen molar-refractivity contribution in [3.8, 4) is 6.07 Å². The van der Waals surface area contributed by atoms with Gasteiger partial charge in [-0.1, -0.05) is 0 Å². The number of nitrogens with one attached hydrogen (secondary N) is 1. The second kappa shape index (κ2) is 6.25. The highest BCUT2D eigenvalue weighted by Gasteiger charge is 2.22. The van der Waals surface area contributed by atoms with Gasteiger partial charge in [0.25, 0.3) is 0 Å². The molecular weight excluding hydrogens is 282 g/mol.